The summed E-state index contributed by atoms with van der Waals surface area (Å²) in [5.74, 6) is 1.34. The van der Waals surface area contributed by atoms with Crippen LogP contribution < -0.4 is 14.9 Å². The molecule has 3 rings (SSSR count). The van der Waals surface area contributed by atoms with Gasteiger partial charge in [0.15, 0.2) is 0 Å². The van der Waals surface area contributed by atoms with Crippen LogP contribution in [0.15, 0.2) is 65.8 Å². The number of hydrogen-bond donors (Lipinski definition) is 1. The maximum atomic E-state index is 12.0. The van der Waals surface area contributed by atoms with Crippen LogP contribution in [0.5, 0.6) is 11.5 Å². The molecule has 0 fully saturated rings. The number of carbonyl (C=O) groups excluding carboxylic acids is 1. The van der Waals surface area contributed by atoms with Gasteiger partial charge in [0.25, 0.3) is 0 Å². The molecule has 5 nitrogen and oxygen atoms in total. The molecule has 0 atom stereocenters. The van der Waals surface area contributed by atoms with Crippen molar-refractivity contribution in [2.75, 3.05) is 7.11 Å². The van der Waals surface area contributed by atoms with Gasteiger partial charge in [0.05, 0.1) is 13.3 Å². The smallest absolute Gasteiger partial charge is 0.240 e. The van der Waals surface area contributed by atoms with Gasteiger partial charge in [-0.05, 0) is 72.9 Å². The van der Waals surface area contributed by atoms with Crippen LogP contribution in [0.2, 0.25) is 5.02 Å². The van der Waals surface area contributed by atoms with Crippen molar-refractivity contribution in [3.05, 3.63) is 93.5 Å². The summed E-state index contributed by atoms with van der Waals surface area (Å²) >= 11 is 6.24. The van der Waals surface area contributed by atoms with E-state index in [-0.39, 0.29) is 5.91 Å². The molecule has 0 aliphatic rings. The summed E-state index contributed by atoms with van der Waals surface area (Å²) in [7, 11) is 1.62. The lowest BCUT2D eigenvalue weighted by atomic mass is 10.1. The number of amides is 1. The van der Waals surface area contributed by atoms with Gasteiger partial charge in [-0.3, -0.25) is 4.79 Å². The van der Waals surface area contributed by atoms with Gasteiger partial charge < -0.3 is 9.47 Å². The highest BCUT2D eigenvalue weighted by atomic mass is 35.5. The first-order chi connectivity index (χ1) is 15.5. The van der Waals surface area contributed by atoms with Gasteiger partial charge in [-0.15, -0.1) is 0 Å². The molecule has 0 unspecified atom stereocenters. The van der Waals surface area contributed by atoms with Gasteiger partial charge in [0.2, 0.25) is 5.91 Å². The van der Waals surface area contributed by atoms with E-state index in [1.807, 2.05) is 74.5 Å². The minimum Gasteiger partial charge on any atom is -0.496 e. The molecule has 0 radical (unpaired) electrons. The molecule has 0 aromatic heterocycles. The Kier molecular flexibility index (Phi) is 8.28. The lowest BCUT2D eigenvalue weighted by molar-refractivity contribution is -0.121. The molecule has 3 aromatic carbocycles. The SMILES string of the molecule is COc1ccc(C=NNC(=O)CCc2ccccc2)cc1COc1cc(C)c(Cl)c(C)c1. The van der Waals surface area contributed by atoms with Crippen molar-refractivity contribution >= 4 is 23.7 Å². The fraction of sp³-hybridized carbons (Fsp3) is 0.231. The van der Waals surface area contributed by atoms with Crippen molar-refractivity contribution in [2.24, 2.45) is 5.10 Å². The van der Waals surface area contributed by atoms with Gasteiger partial charge >= 0.3 is 0 Å². The number of benzene rings is 3. The standard InChI is InChI=1S/C26H27ClN2O3/c1-18-13-23(14-19(2)26(18)27)32-17-22-15-21(9-11-24(22)31-3)16-28-29-25(30)12-10-20-7-5-4-6-8-20/h4-9,11,13-16H,10,12,17H2,1-3H3,(H,29,30). The summed E-state index contributed by atoms with van der Waals surface area (Å²) in [5, 5.41) is 4.83. The van der Waals surface area contributed by atoms with Gasteiger partial charge in [-0.25, -0.2) is 5.43 Å². The van der Waals surface area contributed by atoms with Crippen molar-refractivity contribution in [3.8, 4) is 11.5 Å². The number of carbonyl (C=O) groups is 1. The summed E-state index contributed by atoms with van der Waals surface area (Å²) in [4.78, 5) is 12.0. The van der Waals surface area contributed by atoms with Gasteiger partial charge in [-0.1, -0.05) is 41.9 Å². The molecule has 0 saturated carbocycles. The van der Waals surface area contributed by atoms with Gasteiger partial charge in [0.1, 0.15) is 18.1 Å². The lowest BCUT2D eigenvalue weighted by Gasteiger charge is -2.13. The number of rotatable bonds is 9. The third-order valence-corrected chi connectivity index (χ3v) is 5.59. The Morgan fingerprint density at radius 2 is 1.78 bits per heavy atom. The average molecular weight is 451 g/mol. The maximum absolute atomic E-state index is 12.0. The van der Waals surface area contributed by atoms with Crippen molar-refractivity contribution in [1.82, 2.24) is 5.43 Å². The van der Waals surface area contributed by atoms with Crippen molar-refractivity contribution in [3.63, 3.8) is 0 Å². The first-order valence-corrected chi connectivity index (χ1v) is 10.8. The summed E-state index contributed by atoms with van der Waals surface area (Å²) in [6, 6.07) is 19.4. The van der Waals surface area contributed by atoms with Crippen molar-refractivity contribution < 1.29 is 14.3 Å². The zero-order valence-electron chi connectivity index (χ0n) is 18.5. The molecule has 166 valence electrons. The highest BCUT2D eigenvalue weighted by Crippen LogP contribution is 2.27. The molecular formula is C26H27ClN2O3. The first kappa shape index (κ1) is 23.4. The Morgan fingerprint density at radius 3 is 2.47 bits per heavy atom. The fourth-order valence-electron chi connectivity index (χ4n) is 3.28. The maximum Gasteiger partial charge on any atom is 0.240 e. The predicted molar refractivity (Wildman–Crippen MR) is 129 cm³/mol. The van der Waals surface area contributed by atoms with Crippen LogP contribution in [0.1, 0.15) is 34.2 Å². The summed E-state index contributed by atoms with van der Waals surface area (Å²) in [6.45, 7) is 4.23. The third kappa shape index (κ3) is 6.59. The molecule has 6 heteroatoms. The average Bonchev–Trinajstić information content (AvgIpc) is 2.80. The zero-order chi connectivity index (χ0) is 22.9. The number of nitrogens with zero attached hydrogens (tertiary/aromatic N) is 1. The molecule has 0 bridgehead atoms. The van der Waals surface area contributed by atoms with Crippen LogP contribution in [-0.4, -0.2) is 19.2 Å². The van der Waals surface area contributed by atoms with E-state index >= 15 is 0 Å². The van der Waals surface area contributed by atoms with Crippen LogP contribution in [0, 0.1) is 13.8 Å². The van der Waals surface area contributed by atoms with E-state index in [0.717, 1.165) is 44.3 Å². The van der Waals surface area contributed by atoms with Crippen molar-refractivity contribution in [2.45, 2.75) is 33.3 Å². The highest BCUT2D eigenvalue weighted by Gasteiger charge is 2.08. The number of nitrogens with one attached hydrogen (secondary N) is 1. The van der Waals surface area contributed by atoms with Crippen LogP contribution >= 0.6 is 11.6 Å². The largest absolute Gasteiger partial charge is 0.496 e. The number of halogens is 1. The van der Waals surface area contributed by atoms with E-state index in [1.54, 1.807) is 13.3 Å². The van der Waals surface area contributed by atoms with E-state index in [1.165, 1.54) is 0 Å². The Balaban J connectivity index is 1.59. The normalized spacial score (nSPS) is 10.9. The minimum atomic E-state index is -0.129. The number of ether oxygens (including phenoxy) is 2. The molecule has 0 aliphatic heterocycles. The van der Waals surface area contributed by atoms with Crippen molar-refractivity contribution in [1.29, 1.82) is 0 Å². The molecule has 3 aromatic rings. The van der Waals surface area contributed by atoms with E-state index in [0.29, 0.717) is 19.4 Å². The lowest BCUT2D eigenvalue weighted by Crippen LogP contribution is -2.17. The van der Waals surface area contributed by atoms with E-state index < -0.39 is 0 Å². The van der Waals surface area contributed by atoms with Gasteiger partial charge in [-0.2, -0.15) is 5.10 Å². The molecular weight excluding hydrogens is 424 g/mol. The van der Waals surface area contributed by atoms with E-state index in [4.69, 9.17) is 21.1 Å². The zero-order valence-corrected chi connectivity index (χ0v) is 19.3. The van der Waals surface area contributed by atoms with E-state index in [9.17, 15) is 4.79 Å². The molecule has 0 aliphatic carbocycles. The topological polar surface area (TPSA) is 59.9 Å². The summed E-state index contributed by atoms with van der Waals surface area (Å²) in [6.07, 6.45) is 2.67. The summed E-state index contributed by atoms with van der Waals surface area (Å²) < 4.78 is 11.4. The number of methoxy groups -OCH3 is 1. The number of hydrogen-bond acceptors (Lipinski definition) is 4. The van der Waals surface area contributed by atoms with Crippen LogP contribution in [0.3, 0.4) is 0 Å². The Hall–Kier alpha value is -3.31. The second-order valence-electron chi connectivity index (χ2n) is 7.51. The number of aryl methyl sites for hydroxylation is 3. The summed E-state index contributed by atoms with van der Waals surface area (Å²) in [5.41, 5.74) is 7.35. The number of hydrazone groups is 1. The van der Waals surface area contributed by atoms with E-state index in [2.05, 4.69) is 10.5 Å². The van der Waals surface area contributed by atoms with Crippen LogP contribution in [0.25, 0.3) is 0 Å². The Bertz CT molecular complexity index is 1070. The second kappa shape index (κ2) is 11.3. The Morgan fingerprint density at radius 1 is 1.06 bits per heavy atom. The third-order valence-electron chi connectivity index (χ3n) is 5.00. The minimum absolute atomic E-state index is 0.129. The molecule has 1 amide bonds. The quantitative estimate of drug-likeness (QED) is 0.339. The molecule has 1 N–H and O–H groups in total. The predicted octanol–water partition coefficient (Wildman–Crippen LogP) is 5.63. The van der Waals surface area contributed by atoms with Crippen LogP contribution in [-0.2, 0) is 17.8 Å². The molecule has 32 heavy (non-hydrogen) atoms. The second-order valence-corrected chi connectivity index (χ2v) is 7.89. The molecule has 0 heterocycles. The fourth-order valence-corrected chi connectivity index (χ4v) is 3.39. The van der Waals surface area contributed by atoms with Crippen LogP contribution in [0.4, 0.5) is 0 Å². The first-order valence-electron chi connectivity index (χ1n) is 10.4. The molecule has 0 saturated heterocycles. The highest BCUT2D eigenvalue weighted by molar-refractivity contribution is 6.32. The van der Waals surface area contributed by atoms with Gasteiger partial charge in [0, 0.05) is 17.0 Å². The molecule has 0 spiro atoms. The monoisotopic (exact) mass is 450 g/mol. The Labute approximate surface area is 194 Å².